The van der Waals surface area contributed by atoms with Crippen LogP contribution in [-0.2, 0) is 0 Å². The Morgan fingerprint density at radius 2 is 2.06 bits per heavy atom. The molecule has 88 valence electrons. The van der Waals surface area contributed by atoms with E-state index in [1.807, 2.05) is 0 Å². The summed E-state index contributed by atoms with van der Waals surface area (Å²) in [7, 11) is 1.56. The molecule has 5 heteroatoms. The van der Waals surface area contributed by atoms with Crippen molar-refractivity contribution in [1.29, 1.82) is 0 Å². The predicted molar refractivity (Wildman–Crippen MR) is 70.8 cm³/mol. The van der Waals surface area contributed by atoms with E-state index in [4.69, 9.17) is 27.9 Å². The average molecular weight is 287 g/mol. The summed E-state index contributed by atoms with van der Waals surface area (Å²) in [5, 5.41) is 2.64. The number of thiophene rings is 1. The van der Waals surface area contributed by atoms with Crippen LogP contribution < -0.4 is 4.74 Å². The van der Waals surface area contributed by atoms with E-state index in [-0.39, 0.29) is 5.78 Å². The summed E-state index contributed by atoms with van der Waals surface area (Å²) in [6.45, 7) is 0. The van der Waals surface area contributed by atoms with Crippen molar-refractivity contribution in [2.24, 2.45) is 0 Å². The number of hydrogen-bond acceptors (Lipinski definition) is 3. The molecule has 0 radical (unpaired) electrons. The number of carbonyl (C=O) groups is 1. The molecule has 1 heterocycles. The van der Waals surface area contributed by atoms with Crippen LogP contribution >= 0.6 is 34.5 Å². The molecule has 0 aliphatic heterocycles. The van der Waals surface area contributed by atoms with Gasteiger partial charge in [0.1, 0.15) is 5.75 Å². The molecule has 0 spiro atoms. The highest BCUT2D eigenvalue weighted by molar-refractivity contribution is 7.12. The van der Waals surface area contributed by atoms with Gasteiger partial charge in [-0.3, -0.25) is 4.79 Å². The van der Waals surface area contributed by atoms with E-state index in [2.05, 4.69) is 0 Å². The molecule has 0 bridgehead atoms. The van der Waals surface area contributed by atoms with Crippen molar-refractivity contribution in [2.45, 2.75) is 0 Å². The van der Waals surface area contributed by atoms with Crippen molar-refractivity contribution in [2.75, 3.05) is 7.11 Å². The van der Waals surface area contributed by atoms with Crippen LogP contribution in [0.1, 0.15) is 15.2 Å². The number of methoxy groups -OCH3 is 1. The fourth-order valence-electron chi connectivity index (χ4n) is 1.35. The standard InChI is InChI=1S/C12H8Cl2O2S/c1-16-8-5-11(17-6-8)12(15)9-3-2-7(13)4-10(9)14/h2-6H,1H3. The highest BCUT2D eigenvalue weighted by Crippen LogP contribution is 2.28. The van der Waals surface area contributed by atoms with Crippen LogP contribution in [0.4, 0.5) is 0 Å². The van der Waals surface area contributed by atoms with Gasteiger partial charge in [-0.1, -0.05) is 23.2 Å². The van der Waals surface area contributed by atoms with E-state index < -0.39 is 0 Å². The molecule has 1 aromatic carbocycles. The van der Waals surface area contributed by atoms with Crippen molar-refractivity contribution in [3.05, 3.63) is 50.1 Å². The largest absolute Gasteiger partial charge is 0.496 e. The molecule has 2 nitrogen and oxygen atoms in total. The minimum Gasteiger partial charge on any atom is -0.496 e. The first-order valence-corrected chi connectivity index (χ1v) is 6.37. The first-order valence-electron chi connectivity index (χ1n) is 4.74. The Bertz CT molecular complexity index is 563. The molecule has 0 unspecified atom stereocenters. The molecule has 0 saturated heterocycles. The van der Waals surface area contributed by atoms with E-state index in [1.54, 1.807) is 36.8 Å². The minimum absolute atomic E-state index is 0.125. The van der Waals surface area contributed by atoms with Crippen molar-refractivity contribution in [1.82, 2.24) is 0 Å². The van der Waals surface area contributed by atoms with Gasteiger partial charge in [-0.15, -0.1) is 11.3 Å². The number of rotatable bonds is 3. The number of carbonyl (C=O) groups excluding carboxylic acids is 1. The molecule has 0 fully saturated rings. The highest BCUT2D eigenvalue weighted by atomic mass is 35.5. The summed E-state index contributed by atoms with van der Waals surface area (Å²) < 4.78 is 5.03. The third kappa shape index (κ3) is 2.63. The van der Waals surface area contributed by atoms with Crippen LogP contribution in [0.15, 0.2) is 29.6 Å². The topological polar surface area (TPSA) is 26.3 Å². The number of ketones is 1. The average Bonchev–Trinajstić information content (AvgIpc) is 2.76. The van der Waals surface area contributed by atoms with Crippen LogP contribution in [0, 0.1) is 0 Å². The van der Waals surface area contributed by atoms with Crippen molar-refractivity contribution >= 4 is 40.3 Å². The number of ether oxygens (including phenoxy) is 1. The van der Waals surface area contributed by atoms with Gasteiger partial charge in [0.05, 0.1) is 17.0 Å². The van der Waals surface area contributed by atoms with Gasteiger partial charge in [0, 0.05) is 22.0 Å². The van der Waals surface area contributed by atoms with Crippen LogP contribution in [0.25, 0.3) is 0 Å². The van der Waals surface area contributed by atoms with Gasteiger partial charge in [-0.05, 0) is 18.2 Å². The van der Waals surface area contributed by atoms with Crippen molar-refractivity contribution in [3.63, 3.8) is 0 Å². The molecule has 2 rings (SSSR count). The lowest BCUT2D eigenvalue weighted by atomic mass is 10.1. The second kappa shape index (κ2) is 5.08. The smallest absolute Gasteiger partial charge is 0.204 e. The molecule has 0 N–H and O–H groups in total. The van der Waals surface area contributed by atoms with Gasteiger partial charge < -0.3 is 4.74 Å². The lowest BCUT2D eigenvalue weighted by Crippen LogP contribution is -1.99. The number of halogens is 2. The predicted octanol–water partition coefficient (Wildman–Crippen LogP) is 4.29. The molecular weight excluding hydrogens is 279 g/mol. The summed E-state index contributed by atoms with van der Waals surface area (Å²) in [4.78, 5) is 12.7. The molecule has 0 aliphatic carbocycles. The number of hydrogen-bond donors (Lipinski definition) is 0. The third-order valence-corrected chi connectivity index (χ3v) is 3.67. The lowest BCUT2D eigenvalue weighted by Gasteiger charge is -2.01. The van der Waals surface area contributed by atoms with Crippen molar-refractivity contribution < 1.29 is 9.53 Å². The minimum atomic E-state index is -0.125. The molecular formula is C12H8Cl2O2S. The van der Waals surface area contributed by atoms with E-state index in [1.165, 1.54) is 11.3 Å². The van der Waals surface area contributed by atoms with Crippen LogP contribution in [0.2, 0.25) is 10.0 Å². The molecule has 0 atom stereocenters. The van der Waals surface area contributed by atoms with Gasteiger partial charge in [0.15, 0.2) is 0 Å². The maximum Gasteiger partial charge on any atom is 0.204 e. The number of benzene rings is 1. The van der Waals surface area contributed by atoms with Gasteiger partial charge in [-0.25, -0.2) is 0 Å². The quantitative estimate of drug-likeness (QED) is 0.787. The van der Waals surface area contributed by atoms with Gasteiger partial charge in [-0.2, -0.15) is 0 Å². The molecule has 0 aliphatic rings. The van der Waals surface area contributed by atoms with Gasteiger partial charge >= 0.3 is 0 Å². The van der Waals surface area contributed by atoms with Crippen LogP contribution in [-0.4, -0.2) is 12.9 Å². The van der Waals surface area contributed by atoms with E-state index in [9.17, 15) is 4.79 Å². The second-order valence-corrected chi connectivity index (χ2v) is 5.06. The molecule has 1 aromatic heterocycles. The van der Waals surface area contributed by atoms with E-state index in [0.717, 1.165) is 0 Å². The van der Waals surface area contributed by atoms with Gasteiger partial charge in [0.2, 0.25) is 5.78 Å². The summed E-state index contributed by atoms with van der Waals surface area (Å²) in [5.74, 6) is 0.545. The molecule has 0 saturated carbocycles. The Morgan fingerprint density at radius 1 is 1.29 bits per heavy atom. The van der Waals surface area contributed by atoms with E-state index in [0.29, 0.717) is 26.2 Å². The molecule has 2 aromatic rings. The molecule has 17 heavy (non-hydrogen) atoms. The Hall–Kier alpha value is -1.03. The highest BCUT2D eigenvalue weighted by Gasteiger charge is 2.15. The third-order valence-electron chi connectivity index (χ3n) is 2.21. The normalized spacial score (nSPS) is 10.3. The zero-order valence-corrected chi connectivity index (χ0v) is 11.2. The lowest BCUT2D eigenvalue weighted by molar-refractivity contribution is 0.104. The summed E-state index contributed by atoms with van der Waals surface area (Å²) >= 11 is 13.1. The maximum atomic E-state index is 12.1. The maximum absolute atomic E-state index is 12.1. The SMILES string of the molecule is COc1csc(C(=O)c2ccc(Cl)cc2Cl)c1. The summed E-state index contributed by atoms with van der Waals surface area (Å²) in [6, 6.07) is 6.52. The fraction of sp³-hybridized carbons (Fsp3) is 0.0833. The van der Waals surface area contributed by atoms with Crippen LogP contribution in [0.3, 0.4) is 0 Å². The summed E-state index contributed by atoms with van der Waals surface area (Å²) in [5.41, 5.74) is 0.445. The zero-order valence-electron chi connectivity index (χ0n) is 8.87. The Labute approximate surface area is 113 Å². The van der Waals surface area contributed by atoms with Gasteiger partial charge in [0.25, 0.3) is 0 Å². The first kappa shape index (κ1) is 12.4. The summed E-state index contributed by atoms with van der Waals surface area (Å²) in [6.07, 6.45) is 0. The Morgan fingerprint density at radius 3 is 2.65 bits per heavy atom. The van der Waals surface area contributed by atoms with Crippen LogP contribution in [0.5, 0.6) is 5.75 Å². The van der Waals surface area contributed by atoms with Crippen molar-refractivity contribution in [3.8, 4) is 5.75 Å². The Kier molecular flexibility index (Phi) is 3.72. The monoisotopic (exact) mass is 286 g/mol. The zero-order chi connectivity index (χ0) is 12.4. The molecule has 0 amide bonds. The second-order valence-electron chi connectivity index (χ2n) is 3.30. The van der Waals surface area contributed by atoms with E-state index >= 15 is 0 Å². The Balaban J connectivity index is 2.36. The fourth-order valence-corrected chi connectivity index (χ4v) is 2.65. The first-order chi connectivity index (χ1) is 8.11.